The fraction of sp³-hybridized carbons (Fsp3) is 0.143. The van der Waals surface area contributed by atoms with Gasteiger partial charge in [-0.25, -0.2) is 0 Å². The van der Waals surface area contributed by atoms with Crippen LogP contribution in [0.3, 0.4) is 0 Å². The first kappa shape index (κ1) is 11.7. The van der Waals surface area contributed by atoms with Crippen LogP contribution in [0.15, 0.2) is 64.0 Å². The molecule has 2 aromatic rings. The smallest absolute Gasteiger partial charge is 0.0316 e. The van der Waals surface area contributed by atoms with Gasteiger partial charge in [0.1, 0.15) is 0 Å². The molecule has 1 atom stereocenters. The number of halogens is 1. The van der Waals surface area contributed by atoms with E-state index in [-0.39, 0.29) is 0 Å². The summed E-state index contributed by atoms with van der Waals surface area (Å²) in [4.78, 5) is 1.32. The van der Waals surface area contributed by atoms with Crippen molar-refractivity contribution < 1.29 is 0 Å². The Bertz CT molecular complexity index is 436. The molecule has 0 heterocycles. The van der Waals surface area contributed by atoms with Gasteiger partial charge in [0.05, 0.1) is 0 Å². The van der Waals surface area contributed by atoms with Gasteiger partial charge in [-0.3, -0.25) is 0 Å². The van der Waals surface area contributed by atoms with E-state index in [2.05, 4.69) is 71.4 Å². The molecule has 0 unspecified atom stereocenters. The summed E-state index contributed by atoms with van der Waals surface area (Å²) in [6, 6.07) is 19.0. The molecule has 0 N–H and O–H groups in total. The summed E-state index contributed by atoms with van der Waals surface area (Å²) in [5.74, 6) is 0. The molecular formula is C14H13BrS. The van der Waals surface area contributed by atoms with Gasteiger partial charge >= 0.3 is 0 Å². The van der Waals surface area contributed by atoms with Crippen LogP contribution in [-0.2, 0) is 0 Å². The van der Waals surface area contributed by atoms with E-state index < -0.39 is 0 Å². The van der Waals surface area contributed by atoms with Gasteiger partial charge in [0.15, 0.2) is 0 Å². The third-order valence-electron chi connectivity index (χ3n) is 2.40. The SMILES string of the molecule is C[C@@H](Sc1ccccc1)c1ccc(Br)cc1. The Morgan fingerprint density at radius 3 is 2.19 bits per heavy atom. The number of thioether (sulfide) groups is 1. The maximum Gasteiger partial charge on any atom is 0.0316 e. The van der Waals surface area contributed by atoms with Crippen molar-refractivity contribution in [1.82, 2.24) is 0 Å². The predicted octanol–water partition coefficient (Wildman–Crippen LogP) is 5.30. The normalized spacial score (nSPS) is 12.4. The Morgan fingerprint density at radius 2 is 1.56 bits per heavy atom. The highest BCUT2D eigenvalue weighted by atomic mass is 79.9. The molecule has 0 amide bonds. The van der Waals surface area contributed by atoms with Crippen molar-refractivity contribution in [2.45, 2.75) is 17.1 Å². The van der Waals surface area contributed by atoms with E-state index in [0.29, 0.717) is 5.25 Å². The van der Waals surface area contributed by atoms with Crippen LogP contribution in [0.25, 0.3) is 0 Å². The molecule has 0 aliphatic rings. The van der Waals surface area contributed by atoms with Gasteiger partial charge in [-0.2, -0.15) is 0 Å². The van der Waals surface area contributed by atoms with Gasteiger partial charge in [0.2, 0.25) is 0 Å². The van der Waals surface area contributed by atoms with E-state index in [1.54, 1.807) is 0 Å². The summed E-state index contributed by atoms with van der Waals surface area (Å²) >= 11 is 5.34. The van der Waals surface area contributed by atoms with Crippen LogP contribution < -0.4 is 0 Å². The van der Waals surface area contributed by atoms with Gasteiger partial charge < -0.3 is 0 Å². The molecule has 82 valence electrons. The van der Waals surface area contributed by atoms with Crippen LogP contribution in [0.1, 0.15) is 17.7 Å². The average Bonchev–Trinajstić information content (AvgIpc) is 2.31. The van der Waals surface area contributed by atoms with E-state index in [1.807, 2.05) is 17.8 Å². The van der Waals surface area contributed by atoms with E-state index in [0.717, 1.165) is 4.47 Å². The van der Waals surface area contributed by atoms with Crippen LogP contribution in [-0.4, -0.2) is 0 Å². The van der Waals surface area contributed by atoms with Gasteiger partial charge in [-0.15, -0.1) is 11.8 Å². The molecule has 0 saturated carbocycles. The lowest BCUT2D eigenvalue weighted by Crippen LogP contribution is -1.87. The first-order valence-electron chi connectivity index (χ1n) is 5.23. The lowest BCUT2D eigenvalue weighted by molar-refractivity contribution is 1.09. The van der Waals surface area contributed by atoms with Gasteiger partial charge in [0, 0.05) is 14.6 Å². The molecule has 2 rings (SSSR count). The highest BCUT2D eigenvalue weighted by Crippen LogP contribution is 2.34. The fourth-order valence-corrected chi connectivity index (χ4v) is 2.79. The molecule has 0 aliphatic heterocycles. The number of hydrogen-bond donors (Lipinski definition) is 0. The molecule has 0 radical (unpaired) electrons. The maximum absolute atomic E-state index is 3.45. The van der Waals surface area contributed by atoms with Crippen LogP contribution in [0.5, 0.6) is 0 Å². The topological polar surface area (TPSA) is 0 Å². The van der Waals surface area contributed by atoms with E-state index >= 15 is 0 Å². The molecule has 2 heteroatoms. The standard InChI is InChI=1S/C14H13BrS/c1-11(12-7-9-13(15)10-8-12)16-14-5-3-2-4-6-14/h2-11H,1H3/t11-/m1/s1. The van der Waals surface area contributed by atoms with Gasteiger partial charge in [-0.1, -0.05) is 46.3 Å². The molecule has 0 saturated heterocycles. The third kappa shape index (κ3) is 3.13. The molecular weight excluding hydrogens is 280 g/mol. The second kappa shape index (κ2) is 5.55. The van der Waals surface area contributed by atoms with Crippen LogP contribution in [0.2, 0.25) is 0 Å². The summed E-state index contributed by atoms with van der Waals surface area (Å²) in [6.45, 7) is 2.24. The monoisotopic (exact) mass is 292 g/mol. The van der Waals surface area contributed by atoms with Gasteiger partial charge in [0.25, 0.3) is 0 Å². The van der Waals surface area contributed by atoms with Crippen molar-refractivity contribution >= 4 is 27.7 Å². The van der Waals surface area contributed by atoms with Crippen molar-refractivity contribution in [2.24, 2.45) is 0 Å². The first-order chi connectivity index (χ1) is 7.75. The van der Waals surface area contributed by atoms with Crippen molar-refractivity contribution in [3.8, 4) is 0 Å². The van der Waals surface area contributed by atoms with E-state index in [4.69, 9.17) is 0 Å². The second-order valence-corrected chi connectivity index (χ2v) is 5.95. The highest BCUT2D eigenvalue weighted by molar-refractivity contribution is 9.10. The minimum atomic E-state index is 0.482. The zero-order valence-corrected chi connectivity index (χ0v) is 11.5. The summed E-state index contributed by atoms with van der Waals surface area (Å²) in [6.07, 6.45) is 0. The molecule has 0 aromatic heterocycles. The van der Waals surface area contributed by atoms with Gasteiger partial charge in [-0.05, 0) is 36.8 Å². The molecule has 2 aromatic carbocycles. The quantitative estimate of drug-likeness (QED) is 0.692. The lowest BCUT2D eigenvalue weighted by Gasteiger charge is -2.11. The lowest BCUT2D eigenvalue weighted by atomic mass is 10.2. The fourth-order valence-electron chi connectivity index (χ4n) is 1.51. The van der Waals surface area contributed by atoms with Crippen molar-refractivity contribution in [1.29, 1.82) is 0 Å². The Labute approximate surface area is 109 Å². The average molecular weight is 293 g/mol. The molecule has 0 aliphatic carbocycles. The summed E-state index contributed by atoms with van der Waals surface area (Å²) in [5, 5.41) is 0.482. The van der Waals surface area contributed by atoms with Crippen LogP contribution in [0.4, 0.5) is 0 Å². The van der Waals surface area contributed by atoms with Crippen molar-refractivity contribution in [3.05, 3.63) is 64.6 Å². The van der Waals surface area contributed by atoms with Crippen molar-refractivity contribution in [3.63, 3.8) is 0 Å². The molecule has 0 fully saturated rings. The minimum Gasteiger partial charge on any atom is -0.118 e. The molecule has 0 bridgehead atoms. The Hall–Kier alpha value is -0.730. The minimum absolute atomic E-state index is 0.482. The maximum atomic E-state index is 3.45. The Kier molecular flexibility index (Phi) is 4.08. The molecule has 0 nitrogen and oxygen atoms in total. The summed E-state index contributed by atoms with van der Waals surface area (Å²) in [5.41, 5.74) is 1.36. The highest BCUT2D eigenvalue weighted by Gasteiger charge is 2.06. The zero-order chi connectivity index (χ0) is 11.4. The first-order valence-corrected chi connectivity index (χ1v) is 6.90. The van der Waals surface area contributed by atoms with Crippen LogP contribution >= 0.6 is 27.7 Å². The van der Waals surface area contributed by atoms with E-state index in [1.165, 1.54) is 10.5 Å². The largest absolute Gasteiger partial charge is 0.118 e. The summed E-state index contributed by atoms with van der Waals surface area (Å²) < 4.78 is 1.13. The third-order valence-corrected chi connectivity index (χ3v) is 4.09. The van der Waals surface area contributed by atoms with E-state index in [9.17, 15) is 0 Å². The number of rotatable bonds is 3. The summed E-state index contributed by atoms with van der Waals surface area (Å²) in [7, 11) is 0. The second-order valence-electron chi connectivity index (χ2n) is 3.62. The number of hydrogen-bond acceptors (Lipinski definition) is 1. The zero-order valence-electron chi connectivity index (χ0n) is 9.06. The molecule has 0 spiro atoms. The Balaban J connectivity index is 2.09. The molecule has 16 heavy (non-hydrogen) atoms. The van der Waals surface area contributed by atoms with Crippen molar-refractivity contribution in [2.75, 3.05) is 0 Å². The van der Waals surface area contributed by atoms with Crippen LogP contribution in [0, 0.1) is 0 Å². The number of benzene rings is 2. The Morgan fingerprint density at radius 1 is 0.938 bits per heavy atom. The predicted molar refractivity (Wildman–Crippen MR) is 74.9 cm³/mol.